The molecular formula is C10H11ClFNO. The summed E-state index contributed by atoms with van der Waals surface area (Å²) in [5.41, 5.74) is 0.434. The fourth-order valence-corrected chi connectivity index (χ4v) is 1.56. The number of nitrogens with one attached hydrogen (secondary N) is 1. The topological polar surface area (TPSA) is 21.3 Å². The van der Waals surface area contributed by atoms with E-state index < -0.39 is 5.82 Å². The lowest BCUT2D eigenvalue weighted by Crippen LogP contribution is -2.40. The molecule has 1 heterocycles. The second-order valence-corrected chi connectivity index (χ2v) is 4.38. The molecule has 14 heavy (non-hydrogen) atoms. The van der Waals surface area contributed by atoms with Gasteiger partial charge in [-0.2, -0.15) is 0 Å². The van der Waals surface area contributed by atoms with Crippen molar-refractivity contribution in [3.05, 3.63) is 23.0 Å². The summed E-state index contributed by atoms with van der Waals surface area (Å²) in [6.07, 6.45) is 0. The third kappa shape index (κ3) is 1.64. The molecule has 1 aromatic rings. The first-order chi connectivity index (χ1) is 6.48. The van der Waals surface area contributed by atoms with Gasteiger partial charge in [0.1, 0.15) is 17.2 Å². The molecule has 1 N–H and O–H groups in total. The van der Waals surface area contributed by atoms with Crippen LogP contribution in [0.2, 0.25) is 5.02 Å². The minimum atomic E-state index is -0.454. The van der Waals surface area contributed by atoms with Crippen molar-refractivity contribution in [3.8, 4) is 5.75 Å². The van der Waals surface area contributed by atoms with Gasteiger partial charge in [-0.25, -0.2) is 4.39 Å². The minimum absolute atomic E-state index is 0.111. The van der Waals surface area contributed by atoms with E-state index in [9.17, 15) is 4.39 Å². The first-order valence-electron chi connectivity index (χ1n) is 4.40. The molecule has 4 heteroatoms. The molecule has 0 fully saturated rings. The highest BCUT2D eigenvalue weighted by atomic mass is 35.5. The van der Waals surface area contributed by atoms with E-state index >= 15 is 0 Å². The van der Waals surface area contributed by atoms with Crippen LogP contribution in [-0.2, 0) is 0 Å². The van der Waals surface area contributed by atoms with Crippen molar-refractivity contribution < 1.29 is 9.13 Å². The Morgan fingerprint density at radius 2 is 2.21 bits per heavy atom. The van der Waals surface area contributed by atoms with Gasteiger partial charge in [0.15, 0.2) is 0 Å². The zero-order valence-corrected chi connectivity index (χ0v) is 8.78. The highest BCUT2D eigenvalue weighted by Crippen LogP contribution is 2.36. The summed E-state index contributed by atoms with van der Waals surface area (Å²) < 4.78 is 18.7. The average Bonchev–Trinajstić information content (AvgIpc) is 2.07. The number of anilines is 1. The lowest BCUT2D eigenvalue weighted by molar-refractivity contribution is 0.115. The highest BCUT2D eigenvalue weighted by Gasteiger charge is 2.27. The normalized spacial score (nSPS) is 18.0. The van der Waals surface area contributed by atoms with Gasteiger partial charge < -0.3 is 10.1 Å². The predicted molar refractivity (Wildman–Crippen MR) is 54.6 cm³/mol. The van der Waals surface area contributed by atoms with Gasteiger partial charge in [0.25, 0.3) is 0 Å². The first-order valence-corrected chi connectivity index (χ1v) is 4.78. The number of halogens is 2. The highest BCUT2D eigenvalue weighted by molar-refractivity contribution is 6.31. The molecule has 1 aromatic carbocycles. The minimum Gasteiger partial charge on any atom is -0.484 e. The van der Waals surface area contributed by atoms with Gasteiger partial charge in [0, 0.05) is 6.07 Å². The fourth-order valence-electron chi connectivity index (χ4n) is 1.39. The van der Waals surface area contributed by atoms with E-state index in [4.69, 9.17) is 16.3 Å². The molecule has 2 nitrogen and oxygen atoms in total. The number of fused-ring (bicyclic) bond motifs is 1. The summed E-state index contributed by atoms with van der Waals surface area (Å²) in [6, 6.07) is 2.85. The maximum absolute atomic E-state index is 13.1. The molecule has 0 aromatic heterocycles. The molecule has 2 rings (SSSR count). The van der Waals surface area contributed by atoms with Crippen molar-refractivity contribution in [1.29, 1.82) is 0 Å². The second kappa shape index (κ2) is 3.02. The van der Waals surface area contributed by atoms with E-state index in [1.807, 2.05) is 13.8 Å². The number of hydrogen-bond donors (Lipinski definition) is 1. The molecule has 0 spiro atoms. The molecule has 0 unspecified atom stereocenters. The largest absolute Gasteiger partial charge is 0.484 e. The monoisotopic (exact) mass is 215 g/mol. The molecule has 0 saturated heterocycles. The van der Waals surface area contributed by atoms with Crippen LogP contribution in [0.15, 0.2) is 12.1 Å². The second-order valence-electron chi connectivity index (χ2n) is 3.98. The van der Waals surface area contributed by atoms with E-state index in [1.54, 1.807) is 6.07 Å². The Balaban J connectivity index is 2.43. The predicted octanol–water partition coefficient (Wildman–Crippen LogP) is 3.06. The molecule has 0 saturated carbocycles. The maximum Gasteiger partial charge on any atom is 0.146 e. The smallest absolute Gasteiger partial charge is 0.146 e. The van der Waals surface area contributed by atoms with Crippen molar-refractivity contribution in [2.24, 2.45) is 0 Å². The van der Waals surface area contributed by atoms with Crippen LogP contribution in [0.4, 0.5) is 10.1 Å². The van der Waals surface area contributed by atoms with Crippen LogP contribution in [-0.4, -0.2) is 12.1 Å². The lowest BCUT2D eigenvalue weighted by atomic mass is 10.1. The number of ether oxygens (including phenoxy) is 1. The van der Waals surface area contributed by atoms with Crippen LogP contribution in [0.25, 0.3) is 0 Å². The van der Waals surface area contributed by atoms with Crippen molar-refractivity contribution in [2.75, 3.05) is 11.9 Å². The standard InChI is InChI=1S/C10H11ClFNO/c1-10(2)5-13-8-3-6(11)7(12)4-9(8)14-10/h3-4,13H,5H2,1-2H3. The summed E-state index contributed by atoms with van der Waals surface area (Å²) in [7, 11) is 0. The molecule has 76 valence electrons. The molecule has 0 amide bonds. The van der Waals surface area contributed by atoms with Crippen LogP contribution in [0, 0.1) is 5.82 Å². The van der Waals surface area contributed by atoms with Crippen LogP contribution in [0.1, 0.15) is 13.8 Å². The van der Waals surface area contributed by atoms with E-state index in [1.165, 1.54) is 6.07 Å². The van der Waals surface area contributed by atoms with Gasteiger partial charge in [-0.15, -0.1) is 0 Å². The van der Waals surface area contributed by atoms with Crippen molar-refractivity contribution in [3.63, 3.8) is 0 Å². The van der Waals surface area contributed by atoms with Gasteiger partial charge in [-0.1, -0.05) is 11.6 Å². The molecule has 0 atom stereocenters. The van der Waals surface area contributed by atoms with Crippen LogP contribution < -0.4 is 10.1 Å². The van der Waals surface area contributed by atoms with Crippen LogP contribution in [0.3, 0.4) is 0 Å². The van der Waals surface area contributed by atoms with Gasteiger partial charge in [0.2, 0.25) is 0 Å². The van der Waals surface area contributed by atoms with E-state index in [-0.39, 0.29) is 10.6 Å². The number of benzene rings is 1. The lowest BCUT2D eigenvalue weighted by Gasteiger charge is -2.33. The Morgan fingerprint density at radius 1 is 1.50 bits per heavy atom. The van der Waals surface area contributed by atoms with Crippen molar-refractivity contribution >= 4 is 17.3 Å². The zero-order chi connectivity index (χ0) is 10.3. The molecular weight excluding hydrogens is 205 g/mol. The van der Waals surface area contributed by atoms with Gasteiger partial charge in [-0.05, 0) is 19.9 Å². The Morgan fingerprint density at radius 3 is 2.93 bits per heavy atom. The van der Waals surface area contributed by atoms with Gasteiger partial charge in [-0.3, -0.25) is 0 Å². The average molecular weight is 216 g/mol. The molecule has 1 aliphatic heterocycles. The number of hydrogen-bond acceptors (Lipinski definition) is 2. The Hall–Kier alpha value is -0.960. The zero-order valence-electron chi connectivity index (χ0n) is 8.03. The third-order valence-corrected chi connectivity index (χ3v) is 2.40. The summed E-state index contributed by atoms with van der Waals surface area (Å²) in [5.74, 6) is 0.0630. The van der Waals surface area contributed by atoms with Crippen LogP contribution >= 0.6 is 11.6 Å². The SMILES string of the molecule is CC1(C)CNc2cc(Cl)c(F)cc2O1. The summed E-state index contributed by atoms with van der Waals surface area (Å²) in [4.78, 5) is 0. The molecule has 0 aliphatic carbocycles. The molecule has 0 radical (unpaired) electrons. The van der Waals surface area contributed by atoms with Crippen molar-refractivity contribution in [1.82, 2.24) is 0 Å². The van der Waals surface area contributed by atoms with E-state index in [0.29, 0.717) is 12.3 Å². The fraction of sp³-hybridized carbons (Fsp3) is 0.400. The third-order valence-electron chi connectivity index (χ3n) is 2.11. The Bertz CT molecular complexity index is 379. The van der Waals surface area contributed by atoms with E-state index in [0.717, 1.165) is 5.69 Å². The van der Waals surface area contributed by atoms with Crippen molar-refractivity contribution in [2.45, 2.75) is 19.4 Å². The summed E-state index contributed by atoms with van der Waals surface area (Å²) in [6.45, 7) is 4.56. The van der Waals surface area contributed by atoms with Crippen LogP contribution in [0.5, 0.6) is 5.75 Å². The Kier molecular flexibility index (Phi) is 2.07. The van der Waals surface area contributed by atoms with E-state index in [2.05, 4.69) is 5.32 Å². The molecule has 1 aliphatic rings. The number of rotatable bonds is 0. The van der Waals surface area contributed by atoms with Gasteiger partial charge >= 0.3 is 0 Å². The quantitative estimate of drug-likeness (QED) is 0.718. The maximum atomic E-state index is 13.1. The summed E-state index contributed by atoms with van der Waals surface area (Å²) >= 11 is 5.65. The first kappa shape index (κ1) is 9.59. The Labute approximate surface area is 87.0 Å². The van der Waals surface area contributed by atoms with Gasteiger partial charge in [0.05, 0.1) is 17.3 Å². The molecule has 0 bridgehead atoms. The summed E-state index contributed by atoms with van der Waals surface area (Å²) in [5, 5.41) is 3.26.